The summed E-state index contributed by atoms with van der Waals surface area (Å²) in [5, 5.41) is 0. The first-order valence-electron chi connectivity index (χ1n) is 12.3. The Hall–Kier alpha value is -1.91. The summed E-state index contributed by atoms with van der Waals surface area (Å²) in [6, 6.07) is 3.10. The number of nitrogens with zero attached hydrogens (tertiary/aromatic N) is 2. The van der Waals surface area contributed by atoms with Gasteiger partial charge in [0.15, 0.2) is 0 Å². The Morgan fingerprint density at radius 1 is 1.18 bits per heavy atom. The van der Waals surface area contributed by atoms with Crippen LogP contribution in [0.15, 0.2) is 12.1 Å². The summed E-state index contributed by atoms with van der Waals surface area (Å²) in [6.45, 7) is 2.52. The second-order valence-electron chi connectivity index (χ2n) is 9.86. The first kappa shape index (κ1) is 25.2. The summed E-state index contributed by atoms with van der Waals surface area (Å²) in [5.74, 6) is 1.21. The van der Waals surface area contributed by atoms with Gasteiger partial charge in [0, 0.05) is 41.5 Å². The molecule has 10 heteroatoms. The average molecular weight is 496 g/mol. The van der Waals surface area contributed by atoms with Gasteiger partial charge in [-0.15, -0.1) is 0 Å². The number of methoxy groups -OCH3 is 1. The lowest BCUT2D eigenvalue weighted by Crippen LogP contribution is -2.50. The fraction of sp³-hybridized carbons (Fsp3) is 0.750. The predicted octanol–water partition coefficient (Wildman–Crippen LogP) is 2.99. The van der Waals surface area contributed by atoms with E-state index in [2.05, 4.69) is 4.72 Å². The zero-order valence-electron chi connectivity index (χ0n) is 20.4. The molecule has 1 saturated carbocycles. The first-order chi connectivity index (χ1) is 16.2. The Bertz CT molecular complexity index is 963. The minimum absolute atomic E-state index is 0.0738. The summed E-state index contributed by atoms with van der Waals surface area (Å²) in [4.78, 5) is 19.6. The zero-order valence-corrected chi connectivity index (χ0v) is 21.2. The van der Waals surface area contributed by atoms with Gasteiger partial charge in [0.2, 0.25) is 10.0 Å². The van der Waals surface area contributed by atoms with Gasteiger partial charge in [-0.3, -0.25) is 9.88 Å². The molecule has 1 amide bonds. The third kappa shape index (κ3) is 6.20. The molecule has 1 aromatic heterocycles. The summed E-state index contributed by atoms with van der Waals surface area (Å²) >= 11 is 0. The molecule has 1 N–H and O–H groups in total. The molecule has 4 heterocycles. The maximum absolute atomic E-state index is 13.0. The summed E-state index contributed by atoms with van der Waals surface area (Å²) in [5.41, 5.74) is 2.09. The van der Waals surface area contributed by atoms with Crippen LogP contribution in [0.25, 0.3) is 0 Å². The van der Waals surface area contributed by atoms with Gasteiger partial charge in [0.1, 0.15) is 5.75 Å². The highest BCUT2D eigenvalue weighted by molar-refractivity contribution is 7.88. The molecule has 4 aliphatic rings. The Kier molecular flexibility index (Phi) is 7.99. The second kappa shape index (κ2) is 10.8. The van der Waals surface area contributed by atoms with Crippen molar-refractivity contribution in [3.05, 3.63) is 23.5 Å². The normalized spacial score (nSPS) is 31.0. The van der Waals surface area contributed by atoms with Crippen LogP contribution in [0.4, 0.5) is 4.79 Å². The van der Waals surface area contributed by atoms with Crippen LogP contribution in [0.1, 0.15) is 69.2 Å². The van der Waals surface area contributed by atoms with Crippen molar-refractivity contribution in [2.75, 3.05) is 26.6 Å². The number of hydrogen-bond donors (Lipinski definition) is 1. The predicted molar refractivity (Wildman–Crippen MR) is 127 cm³/mol. The van der Waals surface area contributed by atoms with Crippen molar-refractivity contribution in [2.45, 2.75) is 88.4 Å². The van der Waals surface area contributed by atoms with Crippen molar-refractivity contribution in [2.24, 2.45) is 0 Å². The number of rotatable bonds is 3. The van der Waals surface area contributed by atoms with Crippen molar-refractivity contribution < 1.29 is 27.4 Å². The lowest BCUT2D eigenvalue weighted by molar-refractivity contribution is -0.0106. The van der Waals surface area contributed by atoms with Gasteiger partial charge in [0.05, 0.1) is 38.7 Å². The Morgan fingerprint density at radius 2 is 1.94 bits per heavy atom. The molecular weight excluding hydrogens is 458 g/mol. The molecule has 0 unspecified atom stereocenters. The van der Waals surface area contributed by atoms with Gasteiger partial charge >= 0.3 is 6.09 Å². The molecule has 1 aliphatic carbocycles. The first-order valence-corrected chi connectivity index (χ1v) is 14.2. The molecule has 1 aromatic rings. The van der Waals surface area contributed by atoms with E-state index in [1.165, 1.54) is 0 Å². The highest BCUT2D eigenvalue weighted by Crippen LogP contribution is 2.36. The van der Waals surface area contributed by atoms with E-state index in [4.69, 9.17) is 19.2 Å². The van der Waals surface area contributed by atoms with Crippen molar-refractivity contribution in [3.63, 3.8) is 0 Å². The van der Waals surface area contributed by atoms with Crippen LogP contribution in [0.3, 0.4) is 0 Å². The molecule has 3 aliphatic heterocycles. The van der Waals surface area contributed by atoms with Crippen molar-refractivity contribution in [3.8, 4) is 5.75 Å². The molecule has 0 spiro atoms. The van der Waals surface area contributed by atoms with Crippen LogP contribution in [0.5, 0.6) is 5.75 Å². The van der Waals surface area contributed by atoms with E-state index < -0.39 is 28.2 Å². The van der Waals surface area contributed by atoms with Crippen LogP contribution < -0.4 is 9.46 Å². The van der Waals surface area contributed by atoms with Crippen LogP contribution in [-0.2, 0) is 25.9 Å². The number of ether oxygens (including phenoxy) is 3. The number of aromatic nitrogens is 1. The largest absolute Gasteiger partial charge is 0.497 e. The maximum atomic E-state index is 13.0. The van der Waals surface area contributed by atoms with Crippen molar-refractivity contribution in [1.82, 2.24) is 14.6 Å². The SMILES string of the molecule is COc1cc2nc(c1)C1CCC(CC1)OC[C@H]1[C@@H](NS(C)(=O)=O)C[C@@H](C)N1C(=O)OCCCC2. The highest BCUT2D eigenvalue weighted by atomic mass is 32.2. The number of nitrogens with one attached hydrogen (secondary N) is 1. The van der Waals surface area contributed by atoms with Crippen LogP contribution in [0, 0.1) is 0 Å². The van der Waals surface area contributed by atoms with E-state index in [1.54, 1.807) is 12.0 Å². The molecule has 5 rings (SSSR count). The third-order valence-corrected chi connectivity index (χ3v) is 7.95. The van der Waals surface area contributed by atoms with Crippen LogP contribution in [0.2, 0.25) is 0 Å². The molecule has 34 heavy (non-hydrogen) atoms. The minimum Gasteiger partial charge on any atom is -0.497 e. The van der Waals surface area contributed by atoms with Crippen molar-refractivity contribution >= 4 is 16.1 Å². The maximum Gasteiger partial charge on any atom is 0.410 e. The number of amides is 1. The third-order valence-electron chi connectivity index (χ3n) is 7.22. The van der Waals surface area contributed by atoms with E-state index in [0.717, 1.165) is 68.3 Å². The molecule has 0 radical (unpaired) electrons. The van der Waals surface area contributed by atoms with Crippen LogP contribution >= 0.6 is 0 Å². The minimum atomic E-state index is -3.42. The Balaban J connectivity index is 1.53. The number of carbonyl (C=O) groups is 1. The monoisotopic (exact) mass is 495 g/mol. The van der Waals surface area contributed by atoms with Gasteiger partial charge in [-0.05, 0) is 58.3 Å². The lowest BCUT2D eigenvalue weighted by atomic mass is 9.84. The zero-order chi connectivity index (χ0) is 24.3. The quantitative estimate of drug-likeness (QED) is 0.687. The van der Waals surface area contributed by atoms with Gasteiger partial charge < -0.3 is 14.2 Å². The van der Waals surface area contributed by atoms with E-state index in [1.807, 2.05) is 19.1 Å². The van der Waals surface area contributed by atoms with Gasteiger partial charge in [0.25, 0.3) is 0 Å². The smallest absolute Gasteiger partial charge is 0.410 e. The van der Waals surface area contributed by atoms with Crippen LogP contribution in [-0.4, -0.2) is 75.2 Å². The number of carbonyl (C=O) groups excluding carboxylic acids is 1. The number of sulfonamides is 1. The standard InChI is InChI=1S/C24H37N3O6S/c1-16-12-22(26-34(3,29)30)23-15-33-19-9-7-17(8-10-19)21-14-20(31-2)13-18(25-21)6-4-5-11-32-24(28)27(16)23/h13-14,16-17,19,22-23,26H,4-12,15H2,1-3H3/t16-,17?,19?,22+,23+/m1/s1. The lowest BCUT2D eigenvalue weighted by Gasteiger charge is -2.33. The van der Waals surface area contributed by atoms with Gasteiger partial charge in [-0.1, -0.05) is 0 Å². The fourth-order valence-electron chi connectivity index (χ4n) is 5.51. The molecule has 0 aromatic carbocycles. The molecule has 2 fully saturated rings. The fourth-order valence-corrected chi connectivity index (χ4v) is 6.31. The summed E-state index contributed by atoms with van der Waals surface area (Å²) in [7, 11) is -1.74. The molecule has 4 bridgehead atoms. The molecule has 190 valence electrons. The second-order valence-corrected chi connectivity index (χ2v) is 11.6. The number of fused-ring (bicyclic) bond motifs is 8. The van der Waals surface area contributed by atoms with Gasteiger partial charge in [-0.2, -0.15) is 0 Å². The van der Waals surface area contributed by atoms with Crippen molar-refractivity contribution in [1.29, 1.82) is 0 Å². The van der Waals surface area contributed by atoms with E-state index >= 15 is 0 Å². The molecule has 1 saturated heterocycles. The Morgan fingerprint density at radius 3 is 2.65 bits per heavy atom. The number of aryl methyl sites for hydroxylation is 1. The molecule has 3 atom stereocenters. The van der Waals surface area contributed by atoms with E-state index in [-0.39, 0.29) is 18.8 Å². The number of hydrogen-bond acceptors (Lipinski definition) is 7. The topological polar surface area (TPSA) is 107 Å². The molecular formula is C24H37N3O6S. The van der Waals surface area contributed by atoms with E-state index in [9.17, 15) is 13.2 Å². The average Bonchev–Trinajstić information content (AvgIpc) is 3.09. The highest BCUT2D eigenvalue weighted by Gasteiger charge is 2.44. The summed E-state index contributed by atoms with van der Waals surface area (Å²) in [6.07, 6.45) is 7.46. The summed E-state index contributed by atoms with van der Waals surface area (Å²) < 4.78 is 44.0. The number of pyridine rings is 1. The molecule has 9 nitrogen and oxygen atoms in total. The van der Waals surface area contributed by atoms with Gasteiger partial charge in [-0.25, -0.2) is 17.9 Å². The Labute approximate surface area is 202 Å². The van der Waals surface area contributed by atoms with E-state index in [0.29, 0.717) is 18.9 Å².